The molecule has 2 aromatic rings. The van der Waals surface area contributed by atoms with Crippen LogP contribution in [0.1, 0.15) is 48.9 Å². The molecule has 1 radical (unpaired) electrons. The largest absolute Gasteiger partial charge is 0.366 e. The number of carbonyl (C=O) groups is 2. The summed E-state index contributed by atoms with van der Waals surface area (Å²) in [5.74, 6) is 1.77. The molecule has 1 aromatic heterocycles. The minimum Gasteiger partial charge on any atom is -0.366 e. The SMILES string of the molecule is NC(=O)c1c[c]cc2sc(NC(=O)C34CC5CC(CC(C5)C3)C4)nc12. The molecular formula is C19H20N3O2S. The van der Waals surface area contributed by atoms with Gasteiger partial charge in [-0.3, -0.25) is 9.59 Å². The molecule has 2 amide bonds. The van der Waals surface area contributed by atoms with E-state index in [4.69, 9.17) is 5.73 Å². The third-order valence-electron chi connectivity index (χ3n) is 6.36. The van der Waals surface area contributed by atoms with Gasteiger partial charge in [-0.15, -0.1) is 0 Å². The van der Waals surface area contributed by atoms with Crippen LogP contribution in [0.15, 0.2) is 12.1 Å². The number of nitrogens with one attached hydrogen (secondary N) is 1. The quantitative estimate of drug-likeness (QED) is 0.886. The number of fused-ring (bicyclic) bond motifs is 1. The molecule has 6 rings (SSSR count). The lowest BCUT2D eigenvalue weighted by Gasteiger charge is -2.55. The van der Waals surface area contributed by atoms with Crippen LogP contribution >= 0.6 is 11.3 Å². The summed E-state index contributed by atoms with van der Waals surface area (Å²) in [6, 6.07) is 6.25. The molecule has 0 saturated heterocycles. The van der Waals surface area contributed by atoms with Crippen molar-refractivity contribution in [2.24, 2.45) is 28.9 Å². The fourth-order valence-corrected chi connectivity index (χ4v) is 6.62. The van der Waals surface area contributed by atoms with Crippen molar-refractivity contribution < 1.29 is 9.59 Å². The maximum atomic E-state index is 13.1. The van der Waals surface area contributed by atoms with Crippen molar-refractivity contribution in [3.63, 3.8) is 0 Å². The molecule has 0 spiro atoms. The number of nitrogens with two attached hydrogens (primary N) is 1. The van der Waals surface area contributed by atoms with E-state index in [0.29, 0.717) is 16.2 Å². The van der Waals surface area contributed by atoms with Gasteiger partial charge in [-0.1, -0.05) is 11.3 Å². The van der Waals surface area contributed by atoms with Crippen molar-refractivity contribution in [2.45, 2.75) is 38.5 Å². The molecule has 1 heterocycles. The summed E-state index contributed by atoms with van der Waals surface area (Å²) < 4.78 is 0.817. The van der Waals surface area contributed by atoms with Crippen LogP contribution in [0.25, 0.3) is 10.2 Å². The van der Waals surface area contributed by atoms with Gasteiger partial charge in [0.15, 0.2) is 5.13 Å². The number of aromatic nitrogens is 1. The first-order valence-corrected chi connectivity index (χ1v) is 9.76. The van der Waals surface area contributed by atoms with E-state index in [2.05, 4.69) is 16.4 Å². The Hall–Kier alpha value is -1.95. The minimum absolute atomic E-state index is 0.121. The highest BCUT2D eigenvalue weighted by atomic mass is 32.1. The number of amides is 2. The van der Waals surface area contributed by atoms with Gasteiger partial charge in [-0.25, -0.2) is 4.98 Å². The van der Waals surface area contributed by atoms with Crippen molar-refractivity contribution >= 4 is 38.5 Å². The second-order valence-electron chi connectivity index (χ2n) is 8.12. The van der Waals surface area contributed by atoms with Crippen LogP contribution in [0.3, 0.4) is 0 Å². The molecule has 4 bridgehead atoms. The van der Waals surface area contributed by atoms with Crippen LogP contribution in [-0.4, -0.2) is 16.8 Å². The zero-order valence-corrected chi connectivity index (χ0v) is 14.7. The third-order valence-corrected chi connectivity index (χ3v) is 7.27. The molecular weight excluding hydrogens is 334 g/mol. The molecule has 4 saturated carbocycles. The number of nitrogens with zero attached hydrogens (tertiary/aromatic N) is 1. The Morgan fingerprint density at radius 2 is 1.80 bits per heavy atom. The standard InChI is InChI=1S/C19H20N3O2S/c20-16(23)13-2-1-3-14-15(13)21-18(25-14)22-17(24)19-7-10-4-11(8-19)6-12(5-10)9-19/h2-3,10-12H,4-9H2,(H2,20,23)(H,21,22,24). The zero-order chi connectivity index (χ0) is 17.2. The molecule has 4 fully saturated rings. The highest BCUT2D eigenvalue weighted by Crippen LogP contribution is 2.60. The van der Waals surface area contributed by atoms with E-state index in [1.807, 2.05) is 0 Å². The van der Waals surface area contributed by atoms with E-state index in [0.717, 1.165) is 41.7 Å². The number of rotatable bonds is 3. The lowest BCUT2D eigenvalue weighted by Crippen LogP contribution is -2.51. The van der Waals surface area contributed by atoms with Gasteiger partial charge in [0.2, 0.25) is 5.91 Å². The van der Waals surface area contributed by atoms with Gasteiger partial charge >= 0.3 is 0 Å². The van der Waals surface area contributed by atoms with E-state index >= 15 is 0 Å². The molecule has 0 aliphatic heterocycles. The van der Waals surface area contributed by atoms with Crippen LogP contribution < -0.4 is 11.1 Å². The predicted molar refractivity (Wildman–Crippen MR) is 96.2 cm³/mol. The summed E-state index contributed by atoms with van der Waals surface area (Å²) in [4.78, 5) is 29.1. The van der Waals surface area contributed by atoms with Crippen LogP contribution in [0.4, 0.5) is 5.13 Å². The Bertz CT molecular complexity index is 853. The first-order valence-electron chi connectivity index (χ1n) is 8.94. The maximum Gasteiger partial charge on any atom is 0.250 e. The molecule has 4 aliphatic rings. The van der Waals surface area contributed by atoms with Gasteiger partial charge in [0.1, 0.15) is 0 Å². The van der Waals surface area contributed by atoms with Crippen molar-refractivity contribution in [3.8, 4) is 0 Å². The average molecular weight is 354 g/mol. The van der Waals surface area contributed by atoms with Crippen molar-refractivity contribution in [1.29, 1.82) is 0 Å². The number of anilines is 1. The lowest BCUT2D eigenvalue weighted by atomic mass is 9.49. The molecule has 4 aliphatic carbocycles. The Balaban J connectivity index is 1.44. The summed E-state index contributed by atoms with van der Waals surface area (Å²) in [6.45, 7) is 0. The third kappa shape index (κ3) is 2.38. The fourth-order valence-electron chi connectivity index (χ4n) is 5.75. The number of hydrogen-bond acceptors (Lipinski definition) is 4. The monoisotopic (exact) mass is 354 g/mol. The van der Waals surface area contributed by atoms with E-state index < -0.39 is 5.91 Å². The smallest absolute Gasteiger partial charge is 0.250 e. The first kappa shape index (κ1) is 15.3. The number of hydrogen-bond donors (Lipinski definition) is 2. The van der Waals surface area contributed by atoms with Gasteiger partial charge in [-0.2, -0.15) is 0 Å². The molecule has 1 aromatic carbocycles. The highest BCUT2D eigenvalue weighted by molar-refractivity contribution is 7.22. The van der Waals surface area contributed by atoms with Gasteiger partial charge in [0.05, 0.1) is 21.2 Å². The van der Waals surface area contributed by atoms with Crippen molar-refractivity contribution in [2.75, 3.05) is 5.32 Å². The first-order chi connectivity index (χ1) is 12.0. The van der Waals surface area contributed by atoms with Gasteiger partial charge in [0.25, 0.3) is 5.91 Å². The molecule has 0 unspecified atom stereocenters. The molecule has 5 nitrogen and oxygen atoms in total. The molecule has 25 heavy (non-hydrogen) atoms. The Kier molecular flexibility index (Phi) is 3.23. The summed E-state index contributed by atoms with van der Waals surface area (Å²) >= 11 is 1.38. The second kappa shape index (κ2) is 5.27. The van der Waals surface area contributed by atoms with Crippen molar-refractivity contribution in [1.82, 2.24) is 4.98 Å². The predicted octanol–water partition coefficient (Wildman–Crippen LogP) is 3.35. The summed E-state index contributed by atoms with van der Waals surface area (Å²) in [5, 5.41) is 3.61. The Morgan fingerprint density at radius 3 is 2.40 bits per heavy atom. The van der Waals surface area contributed by atoms with Gasteiger partial charge in [0, 0.05) is 0 Å². The topological polar surface area (TPSA) is 85.1 Å². The van der Waals surface area contributed by atoms with E-state index in [9.17, 15) is 9.59 Å². The van der Waals surface area contributed by atoms with Gasteiger partial charge in [-0.05, 0) is 74.5 Å². The summed E-state index contributed by atoms with van der Waals surface area (Å²) in [7, 11) is 0. The van der Waals surface area contributed by atoms with Crippen LogP contribution in [0.5, 0.6) is 0 Å². The average Bonchev–Trinajstić information content (AvgIpc) is 2.95. The highest BCUT2D eigenvalue weighted by Gasteiger charge is 2.54. The normalized spacial score (nSPS) is 32.9. The Morgan fingerprint density at radius 1 is 1.16 bits per heavy atom. The minimum atomic E-state index is -0.522. The van der Waals surface area contributed by atoms with Crippen LogP contribution in [0.2, 0.25) is 0 Å². The Labute approximate surface area is 150 Å². The van der Waals surface area contributed by atoms with Crippen LogP contribution in [-0.2, 0) is 4.79 Å². The van der Waals surface area contributed by atoms with Gasteiger partial charge < -0.3 is 11.1 Å². The number of primary amides is 1. The lowest BCUT2D eigenvalue weighted by molar-refractivity contribution is -0.140. The molecule has 3 N–H and O–H groups in total. The molecule has 129 valence electrons. The van der Waals surface area contributed by atoms with Crippen molar-refractivity contribution in [3.05, 3.63) is 23.8 Å². The molecule has 6 heteroatoms. The second-order valence-corrected chi connectivity index (χ2v) is 9.15. The maximum absolute atomic E-state index is 13.1. The summed E-state index contributed by atoms with van der Waals surface area (Å²) in [6.07, 6.45) is 7.00. The van der Waals surface area contributed by atoms with E-state index in [1.165, 1.54) is 30.6 Å². The number of carbonyl (C=O) groups excluding carboxylic acids is 2. The van der Waals surface area contributed by atoms with E-state index in [1.54, 1.807) is 12.1 Å². The van der Waals surface area contributed by atoms with E-state index in [-0.39, 0.29) is 11.3 Å². The molecule has 0 atom stereocenters. The number of thiazole rings is 1. The fraction of sp³-hybridized carbons (Fsp3) is 0.526. The number of benzene rings is 1. The summed E-state index contributed by atoms with van der Waals surface area (Å²) in [5.41, 5.74) is 6.11. The zero-order valence-electron chi connectivity index (χ0n) is 13.9. The van der Waals surface area contributed by atoms with Crippen LogP contribution in [0, 0.1) is 29.2 Å².